The largest absolute Gasteiger partial charge is 0.292 e. The van der Waals surface area contributed by atoms with Gasteiger partial charge in [0.15, 0.2) is 5.78 Å². The predicted octanol–water partition coefficient (Wildman–Crippen LogP) is 4.34. The molecule has 2 aromatic rings. The van der Waals surface area contributed by atoms with Crippen LogP contribution in [-0.2, 0) is 9.59 Å². The fourth-order valence-corrected chi connectivity index (χ4v) is 4.89. The molecule has 0 aromatic heterocycles. The van der Waals surface area contributed by atoms with Crippen molar-refractivity contribution in [3.63, 3.8) is 0 Å². The number of allylic oxidation sites excluding steroid dienone is 2. The summed E-state index contributed by atoms with van der Waals surface area (Å²) in [4.78, 5) is 63.6. The number of nitro groups is 1. The highest BCUT2D eigenvalue weighted by atomic mass is 35.5. The number of nitro benzene ring substituents is 1. The van der Waals surface area contributed by atoms with Crippen molar-refractivity contribution < 1.29 is 24.1 Å². The Morgan fingerprint density at radius 1 is 1.11 bits per heavy atom. The molecule has 3 atom stereocenters. The van der Waals surface area contributed by atoms with Gasteiger partial charge in [-0.2, -0.15) is 5.01 Å². The minimum absolute atomic E-state index is 0.0122. The van der Waals surface area contributed by atoms with Crippen molar-refractivity contribution in [3.05, 3.63) is 85.9 Å². The van der Waals surface area contributed by atoms with Gasteiger partial charge in [0.1, 0.15) is 6.54 Å². The molecule has 2 aromatic carbocycles. The van der Waals surface area contributed by atoms with Crippen molar-refractivity contribution >= 4 is 52.4 Å². The van der Waals surface area contributed by atoms with Crippen LogP contribution in [0.15, 0.2) is 54.6 Å². The number of Topliss-reactive ketones (excluding diaryl/α,β-unsaturated/α-hetero) is 1. The van der Waals surface area contributed by atoms with Crippen LogP contribution in [0.5, 0.6) is 0 Å². The zero-order valence-electron chi connectivity index (χ0n) is 18.4. The molecule has 0 radical (unpaired) electrons. The average molecular weight is 516 g/mol. The third kappa shape index (κ3) is 4.56. The molecular formula is C24H19Cl2N3O6. The molecular weight excluding hydrogens is 497 g/mol. The first-order valence-electron chi connectivity index (χ1n) is 10.7. The van der Waals surface area contributed by atoms with E-state index in [0.717, 1.165) is 22.2 Å². The Morgan fingerprint density at radius 3 is 2.40 bits per heavy atom. The Hall–Kier alpha value is -3.56. The van der Waals surface area contributed by atoms with E-state index in [-0.39, 0.29) is 32.8 Å². The lowest BCUT2D eigenvalue weighted by atomic mass is 9.78. The van der Waals surface area contributed by atoms with Gasteiger partial charge in [0.05, 0.1) is 27.3 Å². The molecule has 3 amide bonds. The van der Waals surface area contributed by atoms with Gasteiger partial charge in [-0.1, -0.05) is 42.3 Å². The number of carbonyl (C=O) groups excluding carboxylic acids is 4. The third-order valence-corrected chi connectivity index (χ3v) is 6.73. The van der Waals surface area contributed by atoms with Gasteiger partial charge in [0.2, 0.25) is 0 Å². The quantitative estimate of drug-likeness (QED) is 0.185. The van der Waals surface area contributed by atoms with E-state index < -0.39 is 46.8 Å². The van der Waals surface area contributed by atoms with Crippen molar-refractivity contribution in [1.29, 1.82) is 0 Å². The average Bonchev–Trinajstić information content (AvgIpc) is 3.08. The Labute approximate surface area is 210 Å². The van der Waals surface area contributed by atoms with Gasteiger partial charge in [-0.25, -0.2) is 5.01 Å². The first-order chi connectivity index (χ1) is 16.6. The highest BCUT2D eigenvalue weighted by Gasteiger charge is 2.53. The molecule has 4 rings (SSSR count). The molecule has 1 fully saturated rings. The monoisotopic (exact) mass is 515 g/mol. The Morgan fingerprint density at radius 2 is 1.80 bits per heavy atom. The molecule has 180 valence electrons. The second-order valence-corrected chi connectivity index (χ2v) is 9.20. The van der Waals surface area contributed by atoms with E-state index in [2.05, 4.69) is 0 Å². The standard InChI is InChI=1S/C24H19Cl2N3O6/c1-13-3-2-4-18-21(13)24(33)28(23(18)32)27(22(31)17-10-7-15(25)11-19(17)26)12-20(30)14-5-8-16(9-6-14)29(34)35/h2-3,5-11,13,18,21H,4,12H2,1H3/t13-,18-,21+/m1/s1. The summed E-state index contributed by atoms with van der Waals surface area (Å²) in [6, 6.07) is 8.92. The van der Waals surface area contributed by atoms with E-state index in [0.29, 0.717) is 6.42 Å². The Kier molecular flexibility index (Phi) is 6.73. The molecule has 0 unspecified atom stereocenters. The lowest BCUT2D eigenvalue weighted by Crippen LogP contribution is -2.52. The number of fused-ring (bicyclic) bond motifs is 1. The van der Waals surface area contributed by atoms with Gasteiger partial charge in [0, 0.05) is 22.7 Å². The molecule has 2 aliphatic rings. The van der Waals surface area contributed by atoms with Crippen molar-refractivity contribution in [2.24, 2.45) is 17.8 Å². The molecule has 1 aliphatic carbocycles. The summed E-state index contributed by atoms with van der Waals surface area (Å²) >= 11 is 12.2. The van der Waals surface area contributed by atoms with Crippen molar-refractivity contribution in [1.82, 2.24) is 10.0 Å². The SMILES string of the molecule is C[C@@H]1C=CC[C@H]2C(=O)N(N(CC(=O)c3ccc([N+](=O)[O-])cc3)C(=O)c3ccc(Cl)cc3Cl)C(=O)[C@@H]12. The number of imide groups is 1. The highest BCUT2D eigenvalue weighted by Crippen LogP contribution is 2.39. The fourth-order valence-electron chi connectivity index (χ4n) is 4.40. The maximum Gasteiger partial charge on any atom is 0.274 e. The first-order valence-corrected chi connectivity index (χ1v) is 11.4. The molecule has 0 spiro atoms. The lowest BCUT2D eigenvalue weighted by molar-refractivity contribution is -0.384. The number of non-ortho nitro benzene ring substituents is 1. The second kappa shape index (κ2) is 9.59. The molecule has 1 heterocycles. The van der Waals surface area contributed by atoms with Gasteiger partial charge in [-0.05, 0) is 42.7 Å². The van der Waals surface area contributed by atoms with Gasteiger partial charge >= 0.3 is 0 Å². The zero-order valence-corrected chi connectivity index (χ0v) is 19.9. The molecule has 11 heteroatoms. The predicted molar refractivity (Wildman–Crippen MR) is 127 cm³/mol. The summed E-state index contributed by atoms with van der Waals surface area (Å²) in [5, 5.41) is 12.7. The van der Waals surface area contributed by atoms with E-state index in [4.69, 9.17) is 23.2 Å². The molecule has 0 saturated carbocycles. The van der Waals surface area contributed by atoms with Crippen LogP contribution in [-0.4, -0.2) is 45.0 Å². The number of amides is 3. The van der Waals surface area contributed by atoms with Gasteiger partial charge in [0.25, 0.3) is 23.4 Å². The number of carbonyl (C=O) groups is 4. The topological polar surface area (TPSA) is 118 Å². The van der Waals surface area contributed by atoms with E-state index >= 15 is 0 Å². The van der Waals surface area contributed by atoms with Crippen LogP contribution in [0.1, 0.15) is 34.1 Å². The molecule has 35 heavy (non-hydrogen) atoms. The zero-order chi connectivity index (χ0) is 25.4. The summed E-state index contributed by atoms with van der Waals surface area (Å²) in [7, 11) is 0. The number of hydrogen-bond acceptors (Lipinski definition) is 6. The molecule has 0 bridgehead atoms. The maximum atomic E-state index is 13.5. The molecule has 1 saturated heterocycles. The second-order valence-electron chi connectivity index (χ2n) is 8.36. The molecule has 9 nitrogen and oxygen atoms in total. The van der Waals surface area contributed by atoms with Crippen LogP contribution in [0.3, 0.4) is 0 Å². The summed E-state index contributed by atoms with van der Waals surface area (Å²) in [6.45, 7) is 1.15. The summed E-state index contributed by atoms with van der Waals surface area (Å²) < 4.78 is 0. The number of hydrazine groups is 1. The first kappa shape index (κ1) is 24.6. The van der Waals surface area contributed by atoms with Gasteiger partial charge in [-0.15, -0.1) is 0 Å². The van der Waals surface area contributed by atoms with E-state index in [9.17, 15) is 29.3 Å². The third-order valence-electron chi connectivity index (χ3n) is 6.18. The van der Waals surface area contributed by atoms with E-state index in [1.807, 2.05) is 19.1 Å². The Bertz CT molecular complexity index is 1280. The molecule has 1 aliphatic heterocycles. The summed E-state index contributed by atoms with van der Waals surface area (Å²) in [6.07, 6.45) is 4.01. The van der Waals surface area contributed by atoms with Crippen LogP contribution in [0.4, 0.5) is 5.69 Å². The van der Waals surface area contributed by atoms with E-state index in [1.54, 1.807) is 0 Å². The summed E-state index contributed by atoms with van der Waals surface area (Å²) in [5.74, 6) is -4.14. The minimum atomic E-state index is -0.831. The number of halogens is 2. The van der Waals surface area contributed by atoms with E-state index in [1.165, 1.54) is 30.3 Å². The number of benzene rings is 2. The lowest BCUT2D eigenvalue weighted by Gasteiger charge is -2.30. The van der Waals surface area contributed by atoms with Crippen molar-refractivity contribution in [2.45, 2.75) is 13.3 Å². The van der Waals surface area contributed by atoms with Crippen LogP contribution in [0, 0.1) is 27.9 Å². The van der Waals surface area contributed by atoms with Gasteiger partial charge in [-0.3, -0.25) is 29.3 Å². The van der Waals surface area contributed by atoms with Crippen LogP contribution < -0.4 is 0 Å². The Balaban J connectivity index is 1.71. The summed E-state index contributed by atoms with van der Waals surface area (Å²) in [5.41, 5.74) is -0.186. The maximum absolute atomic E-state index is 13.5. The highest BCUT2D eigenvalue weighted by molar-refractivity contribution is 6.36. The number of rotatable bonds is 6. The normalized spacial score (nSPS) is 21.1. The number of hydrogen-bond donors (Lipinski definition) is 0. The van der Waals surface area contributed by atoms with Gasteiger partial charge < -0.3 is 0 Å². The minimum Gasteiger partial charge on any atom is -0.292 e. The van der Waals surface area contributed by atoms with Crippen LogP contribution >= 0.6 is 23.2 Å². The smallest absolute Gasteiger partial charge is 0.274 e. The van der Waals surface area contributed by atoms with Crippen LogP contribution in [0.2, 0.25) is 10.0 Å². The number of nitrogens with zero attached hydrogens (tertiary/aromatic N) is 3. The molecule has 0 N–H and O–H groups in total. The fraction of sp³-hybridized carbons (Fsp3) is 0.250. The van der Waals surface area contributed by atoms with Crippen molar-refractivity contribution in [2.75, 3.05) is 6.54 Å². The van der Waals surface area contributed by atoms with Crippen LogP contribution in [0.25, 0.3) is 0 Å². The van der Waals surface area contributed by atoms with Crippen molar-refractivity contribution in [3.8, 4) is 0 Å². The number of ketones is 1.